The van der Waals surface area contributed by atoms with Gasteiger partial charge in [-0.2, -0.15) is 4.98 Å². The van der Waals surface area contributed by atoms with Crippen LogP contribution >= 0.6 is 0 Å². The second kappa shape index (κ2) is 5.84. The van der Waals surface area contributed by atoms with E-state index in [-0.39, 0.29) is 6.04 Å². The van der Waals surface area contributed by atoms with Gasteiger partial charge in [0.25, 0.3) is 5.89 Å². The van der Waals surface area contributed by atoms with Crippen molar-refractivity contribution in [1.82, 2.24) is 25.7 Å². The first kappa shape index (κ1) is 13.4. The summed E-state index contributed by atoms with van der Waals surface area (Å²) in [4.78, 5) is 4.39. The summed E-state index contributed by atoms with van der Waals surface area (Å²) < 4.78 is 10.6. The maximum atomic E-state index is 5.30. The fourth-order valence-electron chi connectivity index (χ4n) is 1.85. The Morgan fingerprint density at radius 3 is 2.71 bits per heavy atom. The Labute approximate surface area is 121 Å². The van der Waals surface area contributed by atoms with Crippen molar-refractivity contribution in [3.8, 4) is 11.5 Å². The predicted octanol–water partition coefficient (Wildman–Crippen LogP) is 2.28. The molecule has 0 bridgehead atoms. The van der Waals surface area contributed by atoms with Gasteiger partial charge >= 0.3 is 0 Å². The molecule has 0 amide bonds. The number of rotatable bonds is 5. The number of hydrogen-bond acceptors (Lipinski definition) is 7. The minimum atomic E-state index is -0.0848. The van der Waals surface area contributed by atoms with Gasteiger partial charge in [0.15, 0.2) is 5.82 Å². The maximum absolute atomic E-state index is 5.30. The van der Waals surface area contributed by atoms with E-state index >= 15 is 0 Å². The Morgan fingerprint density at radius 1 is 1.19 bits per heavy atom. The highest BCUT2D eigenvalue weighted by atomic mass is 16.5. The quantitative estimate of drug-likeness (QED) is 0.769. The number of nitrogens with one attached hydrogen (secondary N) is 1. The lowest BCUT2D eigenvalue weighted by Crippen LogP contribution is -2.19. The molecule has 1 atom stereocenters. The highest BCUT2D eigenvalue weighted by Gasteiger charge is 2.15. The standard InChI is InChI=1S/C14H15N5O2/c1-9(15-8-12-18-17-10(2)20-12)13-16-14(21-19-13)11-6-4-3-5-7-11/h3-7,9,15H,8H2,1-2H3. The summed E-state index contributed by atoms with van der Waals surface area (Å²) in [6.07, 6.45) is 0. The van der Waals surface area contributed by atoms with Crippen LogP contribution in [0, 0.1) is 6.92 Å². The molecule has 1 unspecified atom stereocenters. The van der Waals surface area contributed by atoms with Gasteiger partial charge in [-0.1, -0.05) is 23.4 Å². The number of hydrogen-bond donors (Lipinski definition) is 1. The third-order valence-corrected chi connectivity index (χ3v) is 2.98. The molecule has 2 aromatic heterocycles. The van der Waals surface area contributed by atoms with Crippen LogP contribution in [0.3, 0.4) is 0 Å². The average Bonchev–Trinajstić information content (AvgIpc) is 3.15. The van der Waals surface area contributed by atoms with Gasteiger partial charge < -0.3 is 8.94 Å². The zero-order valence-electron chi connectivity index (χ0n) is 11.8. The summed E-state index contributed by atoms with van der Waals surface area (Å²) in [5.74, 6) is 2.18. The van der Waals surface area contributed by atoms with E-state index in [9.17, 15) is 0 Å². The van der Waals surface area contributed by atoms with Crippen LogP contribution in [-0.2, 0) is 6.54 Å². The first-order valence-electron chi connectivity index (χ1n) is 6.64. The monoisotopic (exact) mass is 285 g/mol. The summed E-state index contributed by atoms with van der Waals surface area (Å²) in [7, 11) is 0. The molecule has 7 nitrogen and oxygen atoms in total. The fourth-order valence-corrected chi connectivity index (χ4v) is 1.85. The third-order valence-electron chi connectivity index (χ3n) is 2.98. The average molecular weight is 285 g/mol. The normalized spacial score (nSPS) is 12.5. The Bertz CT molecular complexity index is 707. The van der Waals surface area contributed by atoms with Crippen LogP contribution in [0.2, 0.25) is 0 Å². The SMILES string of the molecule is Cc1nnc(CNC(C)c2noc(-c3ccccc3)n2)o1. The van der Waals surface area contributed by atoms with Gasteiger partial charge in [0.05, 0.1) is 12.6 Å². The molecular weight excluding hydrogens is 270 g/mol. The van der Waals surface area contributed by atoms with Crippen molar-refractivity contribution >= 4 is 0 Å². The van der Waals surface area contributed by atoms with E-state index < -0.39 is 0 Å². The van der Waals surface area contributed by atoms with Gasteiger partial charge in [-0.15, -0.1) is 10.2 Å². The first-order chi connectivity index (χ1) is 10.2. The molecule has 0 spiro atoms. The molecule has 3 rings (SSSR count). The van der Waals surface area contributed by atoms with Crippen LogP contribution in [0.4, 0.5) is 0 Å². The second-order valence-electron chi connectivity index (χ2n) is 4.64. The van der Waals surface area contributed by atoms with Crippen LogP contribution in [0.25, 0.3) is 11.5 Å². The third kappa shape index (κ3) is 3.14. The highest BCUT2D eigenvalue weighted by Crippen LogP contribution is 2.18. The van der Waals surface area contributed by atoms with Crippen molar-refractivity contribution in [3.05, 3.63) is 47.9 Å². The Morgan fingerprint density at radius 2 is 2.00 bits per heavy atom. The van der Waals surface area contributed by atoms with Gasteiger partial charge in [-0.3, -0.25) is 5.32 Å². The second-order valence-corrected chi connectivity index (χ2v) is 4.64. The van der Waals surface area contributed by atoms with Crippen molar-refractivity contribution in [2.75, 3.05) is 0 Å². The Hall–Kier alpha value is -2.54. The van der Waals surface area contributed by atoms with Crippen molar-refractivity contribution in [2.24, 2.45) is 0 Å². The highest BCUT2D eigenvalue weighted by molar-refractivity contribution is 5.52. The first-order valence-corrected chi connectivity index (χ1v) is 6.64. The minimum absolute atomic E-state index is 0.0848. The van der Waals surface area contributed by atoms with E-state index in [1.807, 2.05) is 37.3 Å². The van der Waals surface area contributed by atoms with Crippen LogP contribution in [0.15, 0.2) is 39.3 Å². The van der Waals surface area contributed by atoms with Crippen LogP contribution in [-0.4, -0.2) is 20.3 Å². The summed E-state index contributed by atoms with van der Waals surface area (Å²) in [6, 6.07) is 9.57. The zero-order chi connectivity index (χ0) is 14.7. The molecule has 0 saturated heterocycles. The number of aryl methyl sites for hydroxylation is 1. The minimum Gasteiger partial charge on any atom is -0.424 e. The summed E-state index contributed by atoms with van der Waals surface area (Å²) >= 11 is 0. The summed E-state index contributed by atoms with van der Waals surface area (Å²) in [5.41, 5.74) is 0.899. The van der Waals surface area contributed by atoms with Crippen molar-refractivity contribution in [2.45, 2.75) is 26.4 Å². The van der Waals surface area contributed by atoms with Crippen LogP contribution < -0.4 is 5.32 Å². The molecule has 7 heteroatoms. The molecule has 0 fully saturated rings. The molecule has 0 aliphatic rings. The molecule has 0 radical (unpaired) electrons. The topological polar surface area (TPSA) is 89.9 Å². The maximum Gasteiger partial charge on any atom is 0.257 e. The van der Waals surface area contributed by atoms with E-state index in [2.05, 4.69) is 25.7 Å². The molecule has 0 aliphatic carbocycles. The van der Waals surface area contributed by atoms with Gasteiger partial charge in [-0.25, -0.2) is 0 Å². The molecule has 108 valence electrons. The van der Waals surface area contributed by atoms with Crippen LogP contribution in [0.5, 0.6) is 0 Å². The fraction of sp³-hybridized carbons (Fsp3) is 0.286. The molecule has 3 aromatic rings. The van der Waals surface area contributed by atoms with E-state index in [1.54, 1.807) is 6.92 Å². The van der Waals surface area contributed by atoms with Crippen molar-refractivity contribution in [1.29, 1.82) is 0 Å². The largest absolute Gasteiger partial charge is 0.424 e. The van der Waals surface area contributed by atoms with Gasteiger partial charge in [0.1, 0.15) is 0 Å². The van der Waals surface area contributed by atoms with Gasteiger partial charge in [0, 0.05) is 12.5 Å². The molecule has 21 heavy (non-hydrogen) atoms. The Kier molecular flexibility index (Phi) is 3.74. The smallest absolute Gasteiger partial charge is 0.257 e. The predicted molar refractivity (Wildman–Crippen MR) is 74.0 cm³/mol. The lowest BCUT2D eigenvalue weighted by Gasteiger charge is -2.06. The molecule has 2 heterocycles. The number of nitrogens with zero attached hydrogens (tertiary/aromatic N) is 4. The molecule has 1 N–H and O–H groups in total. The Balaban J connectivity index is 1.65. The number of benzene rings is 1. The summed E-state index contributed by atoms with van der Waals surface area (Å²) in [5, 5.41) is 14.9. The number of aromatic nitrogens is 4. The van der Waals surface area contributed by atoms with Crippen molar-refractivity contribution < 1.29 is 8.94 Å². The zero-order valence-corrected chi connectivity index (χ0v) is 11.8. The van der Waals surface area contributed by atoms with Crippen LogP contribution in [0.1, 0.15) is 30.6 Å². The van der Waals surface area contributed by atoms with Gasteiger partial charge in [-0.05, 0) is 19.1 Å². The molecular formula is C14H15N5O2. The van der Waals surface area contributed by atoms with Gasteiger partial charge in [0.2, 0.25) is 11.8 Å². The lowest BCUT2D eigenvalue weighted by atomic mass is 10.2. The molecule has 0 saturated carbocycles. The van der Waals surface area contributed by atoms with Crippen molar-refractivity contribution in [3.63, 3.8) is 0 Å². The lowest BCUT2D eigenvalue weighted by molar-refractivity contribution is 0.396. The van der Waals surface area contributed by atoms with E-state index in [4.69, 9.17) is 8.94 Å². The van der Waals surface area contributed by atoms with E-state index in [0.717, 1.165) is 5.56 Å². The van der Waals surface area contributed by atoms with E-state index in [1.165, 1.54) is 0 Å². The summed E-state index contributed by atoms with van der Waals surface area (Å²) in [6.45, 7) is 4.16. The van der Waals surface area contributed by atoms with E-state index in [0.29, 0.717) is 30.0 Å². The molecule has 1 aromatic carbocycles. The molecule has 0 aliphatic heterocycles.